The van der Waals surface area contributed by atoms with Crippen molar-refractivity contribution in [2.45, 2.75) is 44.0 Å². The molecule has 0 spiro atoms. The smallest absolute Gasteiger partial charge is 0.442 e. The third-order valence-corrected chi connectivity index (χ3v) is 7.93. The van der Waals surface area contributed by atoms with Crippen LogP contribution in [-0.4, -0.2) is 56.0 Å². The Morgan fingerprint density at radius 3 is 2.36 bits per heavy atom. The number of hydrogen-bond acceptors (Lipinski definition) is 8. The summed E-state index contributed by atoms with van der Waals surface area (Å²) in [6.45, 7) is 3.00. The third-order valence-electron chi connectivity index (χ3n) is 7.93. The van der Waals surface area contributed by atoms with Gasteiger partial charge in [-0.05, 0) is 54.3 Å². The lowest BCUT2D eigenvalue weighted by molar-refractivity contribution is -0.200. The van der Waals surface area contributed by atoms with Crippen molar-refractivity contribution in [1.29, 1.82) is 0 Å². The average molecular weight is 627 g/mol. The molecule has 2 fully saturated rings. The van der Waals surface area contributed by atoms with Crippen LogP contribution in [0.1, 0.15) is 47.2 Å². The van der Waals surface area contributed by atoms with E-state index in [0.717, 1.165) is 18.4 Å². The highest BCUT2D eigenvalue weighted by Crippen LogP contribution is 2.51. The number of hydroxylamine groups is 1. The quantitative estimate of drug-likeness (QED) is 0.313. The number of carbonyl (C=O) groups excluding carboxylic acids is 3. The van der Waals surface area contributed by atoms with Gasteiger partial charge in [0.05, 0.1) is 18.9 Å². The molecule has 1 aliphatic heterocycles. The molecule has 2 amide bonds. The summed E-state index contributed by atoms with van der Waals surface area (Å²) in [5.74, 6) is -3.00. The number of carbonyl (C=O) groups is 3. The summed E-state index contributed by atoms with van der Waals surface area (Å²) in [6, 6.07) is 19.8. The van der Waals surface area contributed by atoms with Gasteiger partial charge in [0, 0.05) is 35.8 Å². The lowest BCUT2D eigenvalue weighted by Gasteiger charge is -2.32. The SMILES string of the molecule is CCC1(N)CC1c1ccc(NC(=O)c2ccc(N3CCOCC3)c(N(OC(=O)C(F)(F)F)C(=O)OCc3ccccc3)c2)cc1. The van der Waals surface area contributed by atoms with E-state index in [-0.39, 0.29) is 40.1 Å². The monoisotopic (exact) mass is 626 g/mol. The maximum atomic E-state index is 13.3. The van der Waals surface area contributed by atoms with E-state index in [9.17, 15) is 27.6 Å². The Morgan fingerprint density at radius 2 is 1.73 bits per heavy atom. The number of nitrogens with one attached hydrogen (secondary N) is 1. The molecular formula is C32H33F3N4O6. The zero-order valence-corrected chi connectivity index (χ0v) is 24.5. The number of nitrogens with two attached hydrogens (primary N) is 1. The maximum absolute atomic E-state index is 13.3. The van der Waals surface area contributed by atoms with Crippen LogP contribution >= 0.6 is 0 Å². The first-order valence-corrected chi connectivity index (χ1v) is 14.5. The van der Waals surface area contributed by atoms with E-state index in [1.807, 2.05) is 19.1 Å². The Kier molecular flexibility index (Phi) is 9.30. The topological polar surface area (TPSA) is 123 Å². The first-order chi connectivity index (χ1) is 21.5. The van der Waals surface area contributed by atoms with Crippen molar-refractivity contribution < 1.29 is 41.9 Å². The van der Waals surface area contributed by atoms with E-state index in [0.29, 0.717) is 37.6 Å². The van der Waals surface area contributed by atoms with E-state index in [1.54, 1.807) is 47.4 Å². The number of halogens is 3. The molecule has 13 heteroatoms. The van der Waals surface area contributed by atoms with Gasteiger partial charge in [-0.1, -0.05) is 49.4 Å². The first-order valence-electron chi connectivity index (χ1n) is 14.5. The summed E-state index contributed by atoms with van der Waals surface area (Å²) < 4.78 is 50.6. The Morgan fingerprint density at radius 1 is 1.04 bits per heavy atom. The number of benzene rings is 3. The van der Waals surface area contributed by atoms with Gasteiger partial charge in [-0.15, -0.1) is 5.06 Å². The number of alkyl halides is 3. The van der Waals surface area contributed by atoms with Crippen LogP contribution in [0.4, 0.5) is 35.0 Å². The molecule has 3 N–H and O–H groups in total. The van der Waals surface area contributed by atoms with E-state index >= 15 is 0 Å². The van der Waals surface area contributed by atoms with E-state index < -0.39 is 24.1 Å². The van der Waals surface area contributed by atoms with Crippen molar-refractivity contribution in [2.75, 3.05) is 41.6 Å². The first kappa shape index (κ1) is 31.8. The van der Waals surface area contributed by atoms with Crippen LogP contribution in [0.25, 0.3) is 0 Å². The van der Waals surface area contributed by atoms with Crippen LogP contribution in [0.15, 0.2) is 72.8 Å². The molecule has 2 aliphatic rings. The van der Waals surface area contributed by atoms with Crippen molar-refractivity contribution in [3.63, 3.8) is 0 Å². The molecule has 1 heterocycles. The molecule has 45 heavy (non-hydrogen) atoms. The van der Waals surface area contributed by atoms with Crippen LogP contribution < -0.4 is 21.0 Å². The fourth-order valence-electron chi connectivity index (χ4n) is 5.16. The second-order valence-electron chi connectivity index (χ2n) is 10.9. The van der Waals surface area contributed by atoms with Gasteiger partial charge in [-0.3, -0.25) is 4.79 Å². The second kappa shape index (κ2) is 13.2. The van der Waals surface area contributed by atoms with Crippen molar-refractivity contribution >= 4 is 35.0 Å². The van der Waals surface area contributed by atoms with Crippen molar-refractivity contribution in [1.82, 2.24) is 0 Å². The molecular weight excluding hydrogens is 593 g/mol. The molecule has 1 saturated heterocycles. The lowest BCUT2D eigenvalue weighted by atomic mass is 10.0. The average Bonchev–Trinajstić information content (AvgIpc) is 3.74. The zero-order chi connectivity index (χ0) is 32.2. The third kappa shape index (κ3) is 7.55. The Balaban J connectivity index is 1.44. The predicted molar refractivity (Wildman–Crippen MR) is 160 cm³/mol. The Labute approximate surface area is 257 Å². The number of morpholine rings is 1. The molecule has 2 unspecified atom stereocenters. The van der Waals surface area contributed by atoms with Crippen LogP contribution in [-0.2, 0) is 25.7 Å². The number of nitrogens with zero attached hydrogens (tertiary/aromatic N) is 2. The fraction of sp³-hybridized carbons (Fsp3) is 0.344. The highest BCUT2D eigenvalue weighted by atomic mass is 19.4. The summed E-state index contributed by atoms with van der Waals surface area (Å²) in [6.07, 6.45) is -5.06. The van der Waals surface area contributed by atoms with Gasteiger partial charge in [0.2, 0.25) is 0 Å². The van der Waals surface area contributed by atoms with Gasteiger partial charge in [0.25, 0.3) is 5.91 Å². The molecule has 10 nitrogen and oxygen atoms in total. The standard InChI is InChI=1S/C32H33F3N4O6/c1-2-31(36)19-25(31)22-8-11-24(12-9-22)37-28(40)23-10-13-26(38-14-16-43-17-15-38)27(18-23)39(45-29(41)32(33,34)35)30(42)44-20-21-6-4-3-5-7-21/h3-13,18,25H,2,14-17,19-20,36H2,1H3,(H,37,40). The van der Waals surface area contributed by atoms with Crippen molar-refractivity contribution in [2.24, 2.45) is 5.73 Å². The summed E-state index contributed by atoms with van der Waals surface area (Å²) >= 11 is 0. The molecule has 3 aromatic rings. The van der Waals surface area contributed by atoms with Gasteiger partial charge in [0.15, 0.2) is 0 Å². The van der Waals surface area contributed by atoms with Crippen molar-refractivity contribution in [3.8, 4) is 0 Å². The molecule has 1 aliphatic carbocycles. The summed E-state index contributed by atoms with van der Waals surface area (Å²) in [5.41, 5.74) is 8.14. The molecule has 0 radical (unpaired) electrons. The normalized spacial score (nSPS) is 19.4. The highest BCUT2D eigenvalue weighted by Gasteiger charge is 2.50. The van der Waals surface area contributed by atoms with Gasteiger partial charge >= 0.3 is 18.2 Å². The van der Waals surface area contributed by atoms with E-state index in [4.69, 9.17) is 15.2 Å². The number of anilines is 3. The van der Waals surface area contributed by atoms with Crippen LogP contribution in [0.3, 0.4) is 0 Å². The molecule has 5 rings (SSSR count). The Bertz CT molecular complexity index is 1530. The lowest BCUT2D eigenvalue weighted by Crippen LogP contribution is -2.41. The van der Waals surface area contributed by atoms with Gasteiger partial charge in [-0.2, -0.15) is 13.2 Å². The highest BCUT2D eigenvalue weighted by molar-refractivity contribution is 6.06. The summed E-state index contributed by atoms with van der Waals surface area (Å²) in [4.78, 5) is 44.9. The molecule has 0 bridgehead atoms. The number of hydrogen-bond donors (Lipinski definition) is 2. The second-order valence-corrected chi connectivity index (χ2v) is 10.9. The molecule has 3 aromatic carbocycles. The molecule has 0 aromatic heterocycles. The van der Waals surface area contributed by atoms with Gasteiger partial charge in [-0.25, -0.2) is 9.59 Å². The summed E-state index contributed by atoms with van der Waals surface area (Å²) in [5, 5.41) is 2.90. The zero-order valence-electron chi connectivity index (χ0n) is 24.5. The minimum atomic E-state index is -5.42. The molecule has 238 valence electrons. The van der Waals surface area contributed by atoms with Gasteiger partial charge in [0.1, 0.15) is 12.3 Å². The fourth-order valence-corrected chi connectivity index (χ4v) is 5.16. The van der Waals surface area contributed by atoms with E-state index in [1.165, 1.54) is 18.2 Å². The van der Waals surface area contributed by atoms with Crippen molar-refractivity contribution in [3.05, 3.63) is 89.5 Å². The number of rotatable bonds is 8. The van der Waals surface area contributed by atoms with E-state index in [2.05, 4.69) is 10.2 Å². The maximum Gasteiger partial charge on any atom is 0.493 e. The number of amides is 2. The Hall–Kier alpha value is -4.62. The van der Waals surface area contributed by atoms with Crippen LogP contribution in [0.2, 0.25) is 0 Å². The minimum absolute atomic E-state index is 0.0100. The number of ether oxygens (including phenoxy) is 2. The summed E-state index contributed by atoms with van der Waals surface area (Å²) in [7, 11) is 0. The molecule has 2 atom stereocenters. The largest absolute Gasteiger partial charge is 0.493 e. The minimum Gasteiger partial charge on any atom is -0.442 e. The van der Waals surface area contributed by atoms with Crippen LogP contribution in [0, 0.1) is 0 Å². The predicted octanol–water partition coefficient (Wildman–Crippen LogP) is 5.53. The van der Waals surface area contributed by atoms with Crippen LogP contribution in [0.5, 0.6) is 0 Å². The molecule has 1 saturated carbocycles. The van der Waals surface area contributed by atoms with Gasteiger partial charge < -0.3 is 30.3 Å².